The summed E-state index contributed by atoms with van der Waals surface area (Å²) in [6, 6.07) is 31.0. The van der Waals surface area contributed by atoms with Crippen molar-refractivity contribution in [3.05, 3.63) is 109 Å². The molecule has 0 aromatic heterocycles. The molecular weight excluding hydrogens is 408 g/mol. The van der Waals surface area contributed by atoms with Crippen molar-refractivity contribution in [3.8, 4) is 34.1 Å². The van der Waals surface area contributed by atoms with Gasteiger partial charge in [-0.15, -0.1) is 0 Å². The molecule has 4 aromatic rings. The lowest BCUT2D eigenvalue weighted by Crippen LogP contribution is -2.15. The maximum absolute atomic E-state index is 12.3. The normalized spacial score (nSPS) is 10.1. The van der Waals surface area contributed by atoms with Crippen LogP contribution in [0.3, 0.4) is 0 Å². The SMILES string of the molecule is O=C(Oc1ccccc1)Oc1ccccc1-c1ccccc1OC(=O)Oc1ccccc1. The minimum atomic E-state index is -0.884. The molecule has 0 N–H and O–H groups in total. The van der Waals surface area contributed by atoms with Gasteiger partial charge in [0, 0.05) is 11.1 Å². The van der Waals surface area contributed by atoms with E-state index in [0.29, 0.717) is 22.6 Å². The number of hydrogen-bond donors (Lipinski definition) is 0. The first-order valence-corrected chi connectivity index (χ1v) is 9.77. The van der Waals surface area contributed by atoms with Crippen LogP contribution >= 0.6 is 0 Å². The Morgan fingerprint density at radius 1 is 0.406 bits per heavy atom. The van der Waals surface area contributed by atoms with Gasteiger partial charge in [-0.05, 0) is 36.4 Å². The van der Waals surface area contributed by atoms with Gasteiger partial charge in [0.1, 0.15) is 23.0 Å². The summed E-state index contributed by atoms with van der Waals surface area (Å²) in [6.45, 7) is 0. The molecule has 0 bridgehead atoms. The van der Waals surface area contributed by atoms with Crippen LogP contribution in [0.1, 0.15) is 0 Å². The standard InChI is InChI=1S/C26H18O6/c27-25(29-19-11-3-1-4-12-19)31-23-17-9-7-15-21(23)22-16-8-10-18-24(22)32-26(28)30-20-13-5-2-6-14-20/h1-18H. The number of carbonyl (C=O) groups excluding carboxylic acids is 2. The summed E-state index contributed by atoms with van der Waals surface area (Å²) in [5.74, 6) is 1.23. The Morgan fingerprint density at radius 3 is 1.16 bits per heavy atom. The predicted molar refractivity (Wildman–Crippen MR) is 118 cm³/mol. The molecule has 0 aliphatic rings. The van der Waals surface area contributed by atoms with Crippen molar-refractivity contribution in [2.24, 2.45) is 0 Å². The molecule has 0 atom stereocenters. The lowest BCUT2D eigenvalue weighted by atomic mass is 10.0. The molecule has 4 aromatic carbocycles. The maximum atomic E-state index is 12.3. The molecule has 0 aliphatic carbocycles. The monoisotopic (exact) mass is 426 g/mol. The first-order chi connectivity index (χ1) is 15.7. The van der Waals surface area contributed by atoms with Crippen LogP contribution in [-0.2, 0) is 0 Å². The highest BCUT2D eigenvalue weighted by Gasteiger charge is 2.17. The van der Waals surface area contributed by atoms with Crippen molar-refractivity contribution in [3.63, 3.8) is 0 Å². The van der Waals surface area contributed by atoms with E-state index in [1.165, 1.54) is 0 Å². The first-order valence-electron chi connectivity index (χ1n) is 9.77. The van der Waals surface area contributed by atoms with Gasteiger partial charge in [-0.25, -0.2) is 9.59 Å². The Labute approximate surface area is 184 Å². The Bertz CT molecular complexity index is 1110. The molecule has 0 amide bonds. The van der Waals surface area contributed by atoms with Gasteiger partial charge in [-0.1, -0.05) is 72.8 Å². The van der Waals surface area contributed by atoms with Gasteiger partial charge < -0.3 is 18.9 Å². The van der Waals surface area contributed by atoms with Crippen molar-refractivity contribution < 1.29 is 28.5 Å². The third-order valence-corrected chi connectivity index (χ3v) is 4.34. The molecule has 158 valence electrons. The molecule has 0 unspecified atom stereocenters. The Hall–Kier alpha value is -4.58. The molecule has 0 saturated heterocycles. The molecular formula is C26H18O6. The zero-order valence-electron chi connectivity index (χ0n) is 16.8. The lowest BCUT2D eigenvalue weighted by Gasteiger charge is -2.13. The lowest BCUT2D eigenvalue weighted by molar-refractivity contribution is 0.150. The van der Waals surface area contributed by atoms with Crippen LogP contribution < -0.4 is 18.9 Å². The molecule has 6 nitrogen and oxygen atoms in total. The average molecular weight is 426 g/mol. The highest BCUT2D eigenvalue weighted by molar-refractivity contribution is 5.81. The van der Waals surface area contributed by atoms with E-state index in [-0.39, 0.29) is 11.5 Å². The van der Waals surface area contributed by atoms with Gasteiger partial charge in [-0.3, -0.25) is 0 Å². The topological polar surface area (TPSA) is 71.1 Å². The second kappa shape index (κ2) is 9.95. The van der Waals surface area contributed by atoms with Crippen molar-refractivity contribution in [1.29, 1.82) is 0 Å². The number of carbonyl (C=O) groups is 2. The largest absolute Gasteiger partial charge is 0.519 e. The summed E-state index contributed by atoms with van der Waals surface area (Å²) in [5.41, 5.74) is 1.08. The Kier molecular flexibility index (Phi) is 6.43. The van der Waals surface area contributed by atoms with E-state index < -0.39 is 12.3 Å². The fourth-order valence-corrected chi connectivity index (χ4v) is 2.95. The molecule has 0 heterocycles. The highest BCUT2D eigenvalue weighted by Crippen LogP contribution is 2.36. The quantitative estimate of drug-likeness (QED) is 0.268. The molecule has 6 heteroatoms. The van der Waals surface area contributed by atoms with Crippen LogP contribution in [0.4, 0.5) is 9.59 Å². The van der Waals surface area contributed by atoms with Crippen molar-refractivity contribution >= 4 is 12.3 Å². The van der Waals surface area contributed by atoms with E-state index in [4.69, 9.17) is 18.9 Å². The smallest absolute Gasteiger partial charge is 0.395 e. The van der Waals surface area contributed by atoms with E-state index in [9.17, 15) is 9.59 Å². The first kappa shape index (κ1) is 20.7. The third-order valence-electron chi connectivity index (χ3n) is 4.34. The zero-order chi connectivity index (χ0) is 22.2. The van der Waals surface area contributed by atoms with Gasteiger partial charge in [0.05, 0.1) is 0 Å². The van der Waals surface area contributed by atoms with E-state index in [0.717, 1.165) is 0 Å². The van der Waals surface area contributed by atoms with Crippen molar-refractivity contribution in [1.82, 2.24) is 0 Å². The third kappa shape index (κ3) is 5.31. The Balaban J connectivity index is 1.54. The van der Waals surface area contributed by atoms with Gasteiger partial charge >= 0.3 is 12.3 Å². The van der Waals surface area contributed by atoms with Gasteiger partial charge in [0.2, 0.25) is 0 Å². The maximum Gasteiger partial charge on any atom is 0.519 e. The molecule has 0 saturated carbocycles. The summed E-state index contributed by atoms with van der Waals surface area (Å²) < 4.78 is 21.3. The summed E-state index contributed by atoms with van der Waals surface area (Å²) in [4.78, 5) is 24.6. The second-order valence-corrected chi connectivity index (χ2v) is 6.53. The van der Waals surface area contributed by atoms with E-state index in [1.807, 2.05) is 12.1 Å². The van der Waals surface area contributed by atoms with Crippen LogP contribution in [0.2, 0.25) is 0 Å². The summed E-state index contributed by atoms with van der Waals surface area (Å²) >= 11 is 0. The summed E-state index contributed by atoms with van der Waals surface area (Å²) in [5, 5.41) is 0. The Morgan fingerprint density at radius 2 is 0.750 bits per heavy atom. The van der Waals surface area contributed by atoms with E-state index in [1.54, 1.807) is 97.1 Å². The highest BCUT2D eigenvalue weighted by atomic mass is 16.7. The molecule has 0 spiro atoms. The van der Waals surface area contributed by atoms with Gasteiger partial charge in [0.15, 0.2) is 0 Å². The van der Waals surface area contributed by atoms with E-state index in [2.05, 4.69) is 0 Å². The molecule has 0 aliphatic heterocycles. The predicted octanol–water partition coefficient (Wildman–Crippen LogP) is 6.51. The number of benzene rings is 4. The molecule has 32 heavy (non-hydrogen) atoms. The van der Waals surface area contributed by atoms with Crippen molar-refractivity contribution in [2.45, 2.75) is 0 Å². The summed E-state index contributed by atoms with van der Waals surface area (Å²) in [7, 11) is 0. The molecule has 4 rings (SSSR count). The fraction of sp³-hybridized carbons (Fsp3) is 0. The average Bonchev–Trinajstić information content (AvgIpc) is 2.81. The number of hydrogen-bond acceptors (Lipinski definition) is 6. The number of ether oxygens (including phenoxy) is 4. The van der Waals surface area contributed by atoms with Crippen molar-refractivity contribution in [2.75, 3.05) is 0 Å². The van der Waals surface area contributed by atoms with Crippen LogP contribution in [0.15, 0.2) is 109 Å². The van der Waals surface area contributed by atoms with Crippen LogP contribution in [0.5, 0.6) is 23.0 Å². The minimum Gasteiger partial charge on any atom is -0.395 e. The van der Waals surface area contributed by atoms with Crippen LogP contribution in [0.25, 0.3) is 11.1 Å². The van der Waals surface area contributed by atoms with Gasteiger partial charge in [0.25, 0.3) is 0 Å². The van der Waals surface area contributed by atoms with E-state index >= 15 is 0 Å². The summed E-state index contributed by atoms with van der Waals surface area (Å²) in [6.07, 6.45) is -1.77. The molecule has 0 radical (unpaired) electrons. The molecule has 0 fully saturated rings. The van der Waals surface area contributed by atoms with Gasteiger partial charge in [-0.2, -0.15) is 0 Å². The fourth-order valence-electron chi connectivity index (χ4n) is 2.95. The van der Waals surface area contributed by atoms with Crippen LogP contribution in [-0.4, -0.2) is 12.3 Å². The zero-order valence-corrected chi connectivity index (χ0v) is 16.8. The number of para-hydroxylation sites is 4. The second-order valence-electron chi connectivity index (χ2n) is 6.53. The number of rotatable bonds is 5. The van der Waals surface area contributed by atoms with Crippen LogP contribution in [0, 0.1) is 0 Å². The minimum absolute atomic E-state index is 0.251.